The third-order valence-electron chi connectivity index (χ3n) is 4.04. The number of nitrogens with one attached hydrogen (secondary N) is 2. The van der Waals surface area contributed by atoms with Gasteiger partial charge < -0.3 is 15.4 Å². The number of rotatable bonds is 5. The van der Waals surface area contributed by atoms with E-state index in [-0.39, 0.29) is 29.5 Å². The Bertz CT molecular complexity index is 500. The first-order valence-electron chi connectivity index (χ1n) is 7.69. The highest BCUT2D eigenvalue weighted by molar-refractivity contribution is 14.0. The van der Waals surface area contributed by atoms with E-state index in [1.54, 1.807) is 18.4 Å². The van der Waals surface area contributed by atoms with E-state index in [0.717, 1.165) is 51.0 Å². The average Bonchev–Trinajstić information content (AvgIpc) is 2.93. The molecule has 0 aliphatic carbocycles. The molecular formula is C15H28IN5OS. The highest BCUT2D eigenvalue weighted by Crippen LogP contribution is 2.15. The summed E-state index contributed by atoms with van der Waals surface area (Å²) in [5.74, 6) is 0.828. The van der Waals surface area contributed by atoms with Crippen molar-refractivity contribution in [2.45, 2.75) is 32.9 Å². The van der Waals surface area contributed by atoms with Gasteiger partial charge in [0.25, 0.3) is 0 Å². The molecule has 6 nitrogen and oxygen atoms in total. The molecule has 0 atom stereocenters. The molecule has 0 saturated carbocycles. The van der Waals surface area contributed by atoms with E-state index in [1.165, 1.54) is 4.88 Å². The zero-order valence-electron chi connectivity index (χ0n) is 14.4. The van der Waals surface area contributed by atoms with Gasteiger partial charge in [0, 0.05) is 37.1 Å². The van der Waals surface area contributed by atoms with Gasteiger partial charge in [-0.1, -0.05) is 0 Å². The molecule has 1 saturated heterocycles. The Morgan fingerprint density at radius 2 is 2.09 bits per heavy atom. The topological polar surface area (TPSA) is 61.8 Å². The predicted molar refractivity (Wildman–Crippen MR) is 107 cm³/mol. The third kappa shape index (κ3) is 6.17. The van der Waals surface area contributed by atoms with Crippen LogP contribution in [0.15, 0.2) is 10.5 Å². The Labute approximate surface area is 160 Å². The Balaban J connectivity index is 0.00000264. The van der Waals surface area contributed by atoms with Gasteiger partial charge in [-0.3, -0.25) is 9.89 Å². The lowest BCUT2D eigenvalue weighted by molar-refractivity contribution is -0.00834. The number of hydrogen-bond acceptors (Lipinski definition) is 5. The van der Waals surface area contributed by atoms with Crippen LogP contribution in [0.5, 0.6) is 0 Å². The van der Waals surface area contributed by atoms with Crippen LogP contribution in [0.1, 0.15) is 24.4 Å². The fraction of sp³-hybridized carbons (Fsp3) is 0.733. The van der Waals surface area contributed by atoms with Crippen LogP contribution in [0.4, 0.5) is 0 Å². The quantitative estimate of drug-likeness (QED) is 0.405. The molecule has 1 aromatic rings. The van der Waals surface area contributed by atoms with Crippen LogP contribution in [0.25, 0.3) is 0 Å². The van der Waals surface area contributed by atoms with Gasteiger partial charge in [-0.25, -0.2) is 4.98 Å². The smallest absolute Gasteiger partial charge is 0.191 e. The van der Waals surface area contributed by atoms with Crippen LogP contribution in [0, 0.1) is 6.92 Å². The summed E-state index contributed by atoms with van der Waals surface area (Å²) in [5, 5.41) is 6.78. The molecule has 1 aromatic heterocycles. The van der Waals surface area contributed by atoms with E-state index in [9.17, 15) is 0 Å². The van der Waals surface area contributed by atoms with E-state index in [1.807, 2.05) is 12.4 Å². The van der Waals surface area contributed by atoms with Crippen LogP contribution >= 0.6 is 35.3 Å². The highest BCUT2D eigenvalue weighted by atomic mass is 127. The third-order valence-corrected chi connectivity index (χ3v) is 4.98. The molecule has 1 fully saturated rings. The summed E-state index contributed by atoms with van der Waals surface area (Å²) in [6.07, 6.45) is 0. The van der Waals surface area contributed by atoms with Gasteiger partial charge in [0.15, 0.2) is 5.96 Å². The molecule has 2 rings (SSSR count). The normalized spacial score (nSPS) is 16.8. The van der Waals surface area contributed by atoms with Crippen LogP contribution in [0.3, 0.4) is 0 Å². The molecule has 1 aliphatic rings. The zero-order chi connectivity index (χ0) is 16.0. The first-order chi connectivity index (χ1) is 10.5. The van der Waals surface area contributed by atoms with Gasteiger partial charge in [-0.15, -0.1) is 35.3 Å². The van der Waals surface area contributed by atoms with Crippen LogP contribution in [0.2, 0.25) is 0 Å². The van der Waals surface area contributed by atoms with Gasteiger partial charge in [-0.05, 0) is 20.8 Å². The fourth-order valence-electron chi connectivity index (χ4n) is 2.46. The molecule has 2 N–H and O–H groups in total. The predicted octanol–water partition coefficient (Wildman–Crippen LogP) is 1.85. The molecule has 0 aromatic carbocycles. The standard InChI is InChI=1S/C15H27N5OS.HI/c1-12-13(22-11-19-12)9-17-14(16-4)18-10-15(2,3)20-5-7-21-8-6-20;/h11H,5-10H2,1-4H3,(H2,16,17,18);1H. The molecular weight excluding hydrogens is 425 g/mol. The van der Waals surface area contributed by atoms with Crippen molar-refractivity contribution in [3.05, 3.63) is 16.1 Å². The first kappa shape index (κ1) is 20.6. The molecule has 0 amide bonds. The van der Waals surface area contributed by atoms with Gasteiger partial charge in [0.1, 0.15) is 0 Å². The Morgan fingerprint density at radius 3 is 2.65 bits per heavy atom. The van der Waals surface area contributed by atoms with Crippen molar-refractivity contribution in [2.75, 3.05) is 39.9 Å². The van der Waals surface area contributed by atoms with Crippen molar-refractivity contribution in [2.24, 2.45) is 4.99 Å². The van der Waals surface area contributed by atoms with Crippen molar-refractivity contribution < 1.29 is 4.74 Å². The number of aromatic nitrogens is 1. The zero-order valence-corrected chi connectivity index (χ0v) is 17.5. The number of aryl methyl sites for hydroxylation is 1. The van der Waals surface area contributed by atoms with Crippen molar-refractivity contribution >= 4 is 41.3 Å². The molecule has 8 heteroatoms. The molecule has 1 aliphatic heterocycles. The van der Waals surface area contributed by atoms with Gasteiger partial charge in [-0.2, -0.15) is 0 Å². The van der Waals surface area contributed by atoms with Crippen molar-refractivity contribution in [3.8, 4) is 0 Å². The second-order valence-corrected chi connectivity index (χ2v) is 6.99. The number of guanidine groups is 1. The van der Waals surface area contributed by atoms with E-state index in [2.05, 4.69) is 39.4 Å². The number of hydrogen-bond donors (Lipinski definition) is 2. The van der Waals surface area contributed by atoms with Crippen LogP contribution in [-0.2, 0) is 11.3 Å². The molecule has 2 heterocycles. The molecule has 0 spiro atoms. The Hall–Kier alpha value is -0.450. The second-order valence-electron chi connectivity index (χ2n) is 6.05. The molecule has 0 unspecified atom stereocenters. The summed E-state index contributed by atoms with van der Waals surface area (Å²) in [4.78, 5) is 12.3. The molecule has 132 valence electrons. The minimum atomic E-state index is 0. The molecule has 23 heavy (non-hydrogen) atoms. The summed E-state index contributed by atoms with van der Waals surface area (Å²) in [7, 11) is 1.80. The van der Waals surface area contributed by atoms with Crippen LogP contribution < -0.4 is 10.6 Å². The lowest BCUT2D eigenvalue weighted by atomic mass is 10.0. The van der Waals surface area contributed by atoms with Gasteiger partial charge >= 0.3 is 0 Å². The fourth-order valence-corrected chi connectivity index (χ4v) is 3.18. The lowest BCUT2D eigenvalue weighted by Crippen LogP contribution is -2.56. The van der Waals surface area contributed by atoms with Gasteiger partial charge in [0.05, 0.1) is 31.0 Å². The maximum Gasteiger partial charge on any atom is 0.191 e. The number of ether oxygens (including phenoxy) is 1. The Morgan fingerprint density at radius 1 is 1.39 bits per heavy atom. The highest BCUT2D eigenvalue weighted by Gasteiger charge is 2.28. The second kappa shape index (κ2) is 9.75. The largest absolute Gasteiger partial charge is 0.379 e. The summed E-state index contributed by atoms with van der Waals surface area (Å²) in [6, 6.07) is 0. The lowest BCUT2D eigenvalue weighted by Gasteiger charge is -2.41. The van der Waals surface area contributed by atoms with Crippen molar-refractivity contribution in [1.29, 1.82) is 0 Å². The number of halogens is 1. The van der Waals surface area contributed by atoms with Crippen LogP contribution in [-0.4, -0.2) is 61.3 Å². The summed E-state index contributed by atoms with van der Waals surface area (Å²) < 4.78 is 5.43. The monoisotopic (exact) mass is 453 g/mol. The van der Waals surface area contributed by atoms with E-state index in [4.69, 9.17) is 4.74 Å². The van der Waals surface area contributed by atoms with E-state index < -0.39 is 0 Å². The van der Waals surface area contributed by atoms with Crippen molar-refractivity contribution in [1.82, 2.24) is 20.5 Å². The minimum absolute atomic E-state index is 0. The maximum atomic E-state index is 5.43. The maximum absolute atomic E-state index is 5.43. The summed E-state index contributed by atoms with van der Waals surface area (Å²) in [5.41, 5.74) is 3.04. The Kier molecular flexibility index (Phi) is 8.73. The molecule has 0 bridgehead atoms. The van der Waals surface area contributed by atoms with E-state index >= 15 is 0 Å². The molecule has 0 radical (unpaired) electrons. The van der Waals surface area contributed by atoms with Crippen molar-refractivity contribution in [3.63, 3.8) is 0 Å². The van der Waals surface area contributed by atoms with E-state index in [0.29, 0.717) is 0 Å². The summed E-state index contributed by atoms with van der Waals surface area (Å²) in [6.45, 7) is 11.8. The van der Waals surface area contributed by atoms with Gasteiger partial charge in [0.2, 0.25) is 0 Å². The SMILES string of the molecule is CN=C(NCc1scnc1C)NCC(C)(C)N1CCOCC1.I. The minimum Gasteiger partial charge on any atom is -0.379 e. The summed E-state index contributed by atoms with van der Waals surface area (Å²) >= 11 is 1.67. The number of nitrogens with zero attached hydrogens (tertiary/aromatic N) is 3. The number of thiazole rings is 1. The average molecular weight is 453 g/mol. The first-order valence-corrected chi connectivity index (χ1v) is 8.57. The number of aliphatic imine (C=N–C) groups is 1. The number of morpholine rings is 1.